The Hall–Kier alpha value is -1.90. The van der Waals surface area contributed by atoms with Gasteiger partial charge in [-0.3, -0.25) is 14.7 Å². The summed E-state index contributed by atoms with van der Waals surface area (Å²) in [4.78, 5) is 20.2. The summed E-state index contributed by atoms with van der Waals surface area (Å²) in [5.41, 5.74) is 7.00. The number of terminal acetylenes is 1. The minimum atomic E-state index is -0.563. The molecule has 1 fully saturated rings. The number of carbonyl (C=O) groups excluding carboxylic acids is 1. The van der Waals surface area contributed by atoms with Crippen LogP contribution in [0.4, 0.5) is 0 Å². The third-order valence-corrected chi connectivity index (χ3v) is 3.49. The molecule has 0 radical (unpaired) electrons. The number of aromatic nitrogens is 1. The molecule has 1 aromatic heterocycles. The summed E-state index contributed by atoms with van der Waals surface area (Å²) >= 11 is 0. The van der Waals surface area contributed by atoms with E-state index in [1.807, 2.05) is 17.0 Å². The van der Waals surface area contributed by atoms with Crippen LogP contribution in [-0.4, -0.2) is 52.9 Å². The van der Waals surface area contributed by atoms with Gasteiger partial charge >= 0.3 is 0 Å². The first-order valence-corrected chi connectivity index (χ1v) is 6.80. The molecule has 20 heavy (non-hydrogen) atoms. The zero-order valence-electron chi connectivity index (χ0n) is 11.5. The summed E-state index contributed by atoms with van der Waals surface area (Å²) < 4.78 is 0. The van der Waals surface area contributed by atoms with Crippen LogP contribution in [0, 0.1) is 12.3 Å². The minimum Gasteiger partial charge on any atom is -0.339 e. The molecule has 2 heterocycles. The highest BCUT2D eigenvalue weighted by atomic mass is 16.2. The van der Waals surface area contributed by atoms with E-state index in [0.717, 1.165) is 19.6 Å². The molecule has 2 N–H and O–H groups in total. The van der Waals surface area contributed by atoms with Gasteiger partial charge in [0.15, 0.2) is 0 Å². The second kappa shape index (κ2) is 7.04. The quantitative estimate of drug-likeness (QED) is 0.788. The van der Waals surface area contributed by atoms with Crippen molar-refractivity contribution in [1.29, 1.82) is 0 Å². The molecule has 1 amide bonds. The van der Waals surface area contributed by atoms with E-state index in [1.165, 1.54) is 5.56 Å². The van der Waals surface area contributed by atoms with Crippen molar-refractivity contribution in [1.82, 2.24) is 14.8 Å². The van der Waals surface area contributed by atoms with Crippen LogP contribution in [0.5, 0.6) is 0 Å². The average Bonchev–Trinajstić information content (AvgIpc) is 2.48. The number of pyridine rings is 1. The van der Waals surface area contributed by atoms with E-state index in [9.17, 15) is 4.79 Å². The van der Waals surface area contributed by atoms with Gasteiger partial charge in [0.2, 0.25) is 5.91 Å². The lowest BCUT2D eigenvalue weighted by Gasteiger charge is -2.35. The lowest BCUT2D eigenvalue weighted by molar-refractivity contribution is -0.134. The van der Waals surface area contributed by atoms with Gasteiger partial charge in [0.05, 0.1) is 6.04 Å². The van der Waals surface area contributed by atoms with Gasteiger partial charge < -0.3 is 10.6 Å². The summed E-state index contributed by atoms with van der Waals surface area (Å²) in [5, 5.41) is 0. The van der Waals surface area contributed by atoms with Gasteiger partial charge in [0.1, 0.15) is 0 Å². The van der Waals surface area contributed by atoms with E-state index in [0.29, 0.717) is 19.5 Å². The maximum Gasteiger partial charge on any atom is 0.240 e. The van der Waals surface area contributed by atoms with Gasteiger partial charge in [-0.1, -0.05) is 0 Å². The maximum absolute atomic E-state index is 12.0. The lowest BCUT2D eigenvalue weighted by Crippen LogP contribution is -2.52. The van der Waals surface area contributed by atoms with Gasteiger partial charge in [-0.15, -0.1) is 12.3 Å². The normalized spacial score (nSPS) is 17.5. The van der Waals surface area contributed by atoms with Crippen molar-refractivity contribution in [2.75, 3.05) is 26.2 Å². The van der Waals surface area contributed by atoms with Crippen LogP contribution in [0.25, 0.3) is 0 Å². The van der Waals surface area contributed by atoms with Gasteiger partial charge in [-0.05, 0) is 17.7 Å². The molecule has 0 aromatic carbocycles. The van der Waals surface area contributed by atoms with Gasteiger partial charge in [-0.2, -0.15) is 0 Å². The highest BCUT2D eigenvalue weighted by Crippen LogP contribution is 2.09. The predicted molar refractivity (Wildman–Crippen MR) is 77.5 cm³/mol. The second-order valence-electron chi connectivity index (χ2n) is 4.97. The molecule has 0 aliphatic carbocycles. The molecule has 5 nitrogen and oxygen atoms in total. The number of hydrogen-bond donors (Lipinski definition) is 1. The summed E-state index contributed by atoms with van der Waals surface area (Å²) in [7, 11) is 0. The van der Waals surface area contributed by atoms with Crippen LogP contribution in [0.3, 0.4) is 0 Å². The van der Waals surface area contributed by atoms with Crippen LogP contribution in [0.1, 0.15) is 12.0 Å². The first-order valence-electron chi connectivity index (χ1n) is 6.80. The number of hydrogen-bond acceptors (Lipinski definition) is 4. The number of nitrogens with two attached hydrogens (primary N) is 1. The maximum atomic E-state index is 12.0. The molecule has 0 saturated carbocycles. The van der Waals surface area contributed by atoms with Crippen molar-refractivity contribution in [3.63, 3.8) is 0 Å². The van der Waals surface area contributed by atoms with Crippen LogP contribution >= 0.6 is 0 Å². The number of carbonyl (C=O) groups is 1. The Balaban J connectivity index is 1.81. The molecule has 0 spiro atoms. The average molecular weight is 272 g/mol. The summed E-state index contributed by atoms with van der Waals surface area (Å²) in [5.74, 6) is 2.40. The second-order valence-corrected chi connectivity index (χ2v) is 4.97. The minimum absolute atomic E-state index is 0.0356. The molecule has 0 bridgehead atoms. The molecule has 106 valence electrons. The highest BCUT2D eigenvalue weighted by molar-refractivity contribution is 5.82. The smallest absolute Gasteiger partial charge is 0.240 e. The van der Waals surface area contributed by atoms with Gasteiger partial charge in [-0.25, -0.2) is 0 Å². The molecular weight excluding hydrogens is 252 g/mol. The van der Waals surface area contributed by atoms with Crippen molar-refractivity contribution in [3.8, 4) is 12.3 Å². The predicted octanol–water partition coefficient (Wildman–Crippen LogP) is 0.0764. The monoisotopic (exact) mass is 272 g/mol. The summed E-state index contributed by atoms with van der Waals surface area (Å²) in [6.45, 7) is 4.03. The largest absolute Gasteiger partial charge is 0.339 e. The van der Waals surface area contributed by atoms with Crippen molar-refractivity contribution in [3.05, 3.63) is 30.1 Å². The Morgan fingerprint density at radius 1 is 1.35 bits per heavy atom. The van der Waals surface area contributed by atoms with Crippen molar-refractivity contribution in [2.45, 2.75) is 19.0 Å². The van der Waals surface area contributed by atoms with Crippen molar-refractivity contribution < 1.29 is 4.79 Å². The Bertz CT molecular complexity index is 474. The first kappa shape index (κ1) is 14.5. The number of nitrogens with zero attached hydrogens (tertiary/aromatic N) is 3. The van der Waals surface area contributed by atoms with Crippen LogP contribution in [-0.2, 0) is 11.3 Å². The summed E-state index contributed by atoms with van der Waals surface area (Å²) in [6, 6.07) is 3.47. The first-order chi connectivity index (χ1) is 9.70. The fourth-order valence-electron chi connectivity index (χ4n) is 2.32. The molecule has 2 rings (SSSR count). The van der Waals surface area contributed by atoms with Gasteiger partial charge in [0, 0.05) is 51.5 Å². The van der Waals surface area contributed by atoms with Crippen LogP contribution in [0.15, 0.2) is 24.5 Å². The van der Waals surface area contributed by atoms with E-state index < -0.39 is 6.04 Å². The van der Waals surface area contributed by atoms with E-state index in [1.54, 1.807) is 12.4 Å². The molecule has 1 aliphatic rings. The molecular formula is C15H20N4O. The Labute approximate surface area is 119 Å². The van der Waals surface area contributed by atoms with Crippen LogP contribution in [0.2, 0.25) is 0 Å². The fourth-order valence-corrected chi connectivity index (χ4v) is 2.32. The number of amides is 1. The lowest BCUT2D eigenvalue weighted by atomic mass is 10.1. The Morgan fingerprint density at radius 3 is 2.60 bits per heavy atom. The standard InChI is InChI=1S/C15H20N4O/c1-2-3-14(16)15(20)19-10-8-18(9-11-19)12-13-4-6-17-7-5-13/h1,4-7,14H,3,8-12,16H2. The van der Waals surface area contributed by atoms with E-state index >= 15 is 0 Å². The van der Waals surface area contributed by atoms with Crippen molar-refractivity contribution in [2.24, 2.45) is 5.73 Å². The number of rotatable bonds is 4. The van der Waals surface area contributed by atoms with Gasteiger partial charge in [0.25, 0.3) is 0 Å². The zero-order valence-corrected chi connectivity index (χ0v) is 11.5. The molecule has 1 aliphatic heterocycles. The third kappa shape index (κ3) is 3.80. The Kier molecular flexibility index (Phi) is 5.10. The molecule has 1 saturated heterocycles. The van der Waals surface area contributed by atoms with Crippen molar-refractivity contribution >= 4 is 5.91 Å². The Morgan fingerprint density at radius 2 is 2.00 bits per heavy atom. The highest BCUT2D eigenvalue weighted by Gasteiger charge is 2.24. The summed E-state index contributed by atoms with van der Waals surface area (Å²) in [6.07, 6.45) is 9.09. The number of piperazine rings is 1. The topological polar surface area (TPSA) is 62.5 Å². The van der Waals surface area contributed by atoms with E-state index in [4.69, 9.17) is 12.2 Å². The fraction of sp³-hybridized carbons (Fsp3) is 0.467. The molecule has 5 heteroatoms. The van der Waals surface area contributed by atoms with E-state index in [-0.39, 0.29) is 5.91 Å². The third-order valence-electron chi connectivity index (χ3n) is 3.49. The molecule has 1 aromatic rings. The van der Waals surface area contributed by atoms with E-state index in [2.05, 4.69) is 15.8 Å². The molecule has 1 atom stereocenters. The molecule has 1 unspecified atom stereocenters. The van der Waals surface area contributed by atoms with Crippen LogP contribution < -0.4 is 5.73 Å². The SMILES string of the molecule is C#CCC(N)C(=O)N1CCN(Cc2ccncc2)CC1. The zero-order chi connectivity index (χ0) is 14.4.